The monoisotopic (exact) mass is 495 g/mol. The van der Waals surface area contributed by atoms with E-state index < -0.39 is 5.97 Å². The minimum atomic E-state index is -0.688. The van der Waals surface area contributed by atoms with Gasteiger partial charge in [-0.15, -0.1) is 0 Å². The number of rotatable bonds is 7. The van der Waals surface area contributed by atoms with Gasteiger partial charge in [-0.3, -0.25) is 9.89 Å². The van der Waals surface area contributed by atoms with Gasteiger partial charge < -0.3 is 14.7 Å². The summed E-state index contributed by atoms with van der Waals surface area (Å²) in [5.74, 6) is 1.85. The van der Waals surface area contributed by atoms with Crippen LogP contribution < -0.4 is 4.90 Å². The number of anilines is 1. The van der Waals surface area contributed by atoms with Gasteiger partial charge in [0.2, 0.25) is 0 Å². The summed E-state index contributed by atoms with van der Waals surface area (Å²) in [6.07, 6.45) is 8.47. The Morgan fingerprint density at radius 1 is 1.06 bits per heavy atom. The van der Waals surface area contributed by atoms with Gasteiger partial charge in [0.15, 0.2) is 11.6 Å². The van der Waals surface area contributed by atoms with Crippen molar-refractivity contribution in [2.45, 2.75) is 57.2 Å². The molecule has 2 aliphatic rings. The lowest BCUT2D eigenvalue weighted by atomic mass is 9.85. The van der Waals surface area contributed by atoms with Crippen LogP contribution in [-0.4, -0.2) is 56.5 Å². The summed E-state index contributed by atoms with van der Waals surface area (Å²) in [6, 6.07) is 11.5. The molecule has 0 amide bonds. The van der Waals surface area contributed by atoms with Crippen molar-refractivity contribution in [3.8, 4) is 22.8 Å². The Morgan fingerprint density at radius 3 is 2.51 bits per heavy atom. The van der Waals surface area contributed by atoms with Gasteiger partial charge >= 0.3 is 5.97 Å². The number of halogens is 1. The SMILES string of the molecule is O=C(O)C[C@H]1CC[C@@H](OC2CCN(c3ccc(-c4nc(-c5cccc(Cl)c5)n[nH]4)cn3)CC2)CC1. The van der Waals surface area contributed by atoms with Crippen molar-refractivity contribution in [3.05, 3.63) is 47.6 Å². The van der Waals surface area contributed by atoms with Crippen LogP contribution in [0, 0.1) is 5.92 Å². The van der Waals surface area contributed by atoms with Gasteiger partial charge in [0.25, 0.3) is 0 Å². The Hall–Kier alpha value is -2.97. The van der Waals surface area contributed by atoms with Gasteiger partial charge in [-0.05, 0) is 68.7 Å². The number of nitrogens with zero attached hydrogens (tertiary/aromatic N) is 4. The van der Waals surface area contributed by atoms with Gasteiger partial charge in [-0.2, -0.15) is 5.10 Å². The zero-order valence-corrected chi connectivity index (χ0v) is 20.3. The third-order valence-corrected chi connectivity index (χ3v) is 7.23. The number of aromatic nitrogens is 4. The number of benzene rings is 1. The first-order chi connectivity index (χ1) is 17.0. The number of aromatic amines is 1. The molecule has 3 aromatic rings. The first kappa shape index (κ1) is 23.8. The van der Waals surface area contributed by atoms with Crippen LogP contribution in [0.4, 0.5) is 5.82 Å². The van der Waals surface area contributed by atoms with E-state index in [0.717, 1.165) is 68.6 Å². The highest BCUT2D eigenvalue weighted by atomic mass is 35.5. The number of piperidine rings is 1. The van der Waals surface area contributed by atoms with Crippen molar-refractivity contribution in [2.75, 3.05) is 18.0 Å². The fourth-order valence-corrected chi connectivity index (χ4v) is 5.26. The molecule has 0 bridgehead atoms. The Labute approximate surface area is 209 Å². The van der Waals surface area contributed by atoms with Gasteiger partial charge in [-0.1, -0.05) is 23.7 Å². The third-order valence-electron chi connectivity index (χ3n) is 7.00. The molecule has 1 aliphatic heterocycles. The first-order valence-electron chi connectivity index (χ1n) is 12.3. The predicted molar refractivity (Wildman–Crippen MR) is 134 cm³/mol. The second-order valence-corrected chi connectivity index (χ2v) is 9.92. The Morgan fingerprint density at radius 2 is 1.83 bits per heavy atom. The molecule has 1 aromatic carbocycles. The van der Waals surface area contributed by atoms with Crippen molar-refractivity contribution in [1.29, 1.82) is 0 Å². The Bertz CT molecular complexity index is 1140. The average molecular weight is 496 g/mol. The minimum absolute atomic E-state index is 0.269. The van der Waals surface area contributed by atoms with Crippen molar-refractivity contribution < 1.29 is 14.6 Å². The lowest BCUT2D eigenvalue weighted by Crippen LogP contribution is -2.39. The average Bonchev–Trinajstić information content (AvgIpc) is 3.36. The number of H-pyrrole nitrogens is 1. The maximum Gasteiger partial charge on any atom is 0.303 e. The van der Waals surface area contributed by atoms with Crippen LogP contribution in [0.5, 0.6) is 0 Å². The molecule has 2 fully saturated rings. The topological polar surface area (TPSA) is 104 Å². The predicted octanol–water partition coefficient (Wildman–Crippen LogP) is 5.21. The molecular formula is C26H30ClN5O3. The number of hydrogen-bond acceptors (Lipinski definition) is 6. The van der Waals surface area contributed by atoms with E-state index in [1.54, 1.807) is 0 Å². The van der Waals surface area contributed by atoms with Crippen LogP contribution >= 0.6 is 11.6 Å². The van der Waals surface area contributed by atoms with E-state index in [0.29, 0.717) is 22.6 Å². The molecule has 1 aliphatic carbocycles. The number of nitrogens with one attached hydrogen (secondary N) is 1. The number of ether oxygens (including phenoxy) is 1. The van der Waals surface area contributed by atoms with E-state index in [1.807, 2.05) is 42.6 Å². The van der Waals surface area contributed by atoms with Crippen LogP contribution in [0.15, 0.2) is 42.6 Å². The fourth-order valence-electron chi connectivity index (χ4n) is 5.07. The second-order valence-electron chi connectivity index (χ2n) is 9.49. The quantitative estimate of drug-likeness (QED) is 0.463. The fraction of sp³-hybridized carbons (Fsp3) is 0.462. The lowest BCUT2D eigenvalue weighted by molar-refractivity contribution is -0.138. The molecule has 2 N–H and O–H groups in total. The van der Waals surface area contributed by atoms with Gasteiger partial charge in [0.1, 0.15) is 5.82 Å². The first-order valence-corrected chi connectivity index (χ1v) is 12.7. The van der Waals surface area contributed by atoms with Crippen molar-refractivity contribution >= 4 is 23.4 Å². The van der Waals surface area contributed by atoms with E-state index in [2.05, 4.69) is 25.1 Å². The number of pyridine rings is 1. The third kappa shape index (κ3) is 6.00. The molecule has 8 nitrogen and oxygen atoms in total. The van der Waals surface area contributed by atoms with Crippen molar-refractivity contribution in [3.63, 3.8) is 0 Å². The van der Waals surface area contributed by atoms with E-state index in [9.17, 15) is 4.79 Å². The van der Waals surface area contributed by atoms with Crippen LogP contribution in [0.2, 0.25) is 5.02 Å². The summed E-state index contributed by atoms with van der Waals surface area (Å²) in [5, 5.41) is 16.9. The summed E-state index contributed by atoms with van der Waals surface area (Å²) < 4.78 is 6.37. The van der Waals surface area contributed by atoms with E-state index in [1.165, 1.54) is 0 Å². The number of carboxylic acid groups (broad SMARTS) is 1. The van der Waals surface area contributed by atoms with Gasteiger partial charge in [0.05, 0.1) is 12.2 Å². The molecule has 184 valence electrons. The highest BCUT2D eigenvalue weighted by Crippen LogP contribution is 2.31. The number of aliphatic carboxylic acids is 1. The van der Waals surface area contributed by atoms with Crippen LogP contribution in [0.1, 0.15) is 44.9 Å². The summed E-state index contributed by atoms with van der Waals surface area (Å²) in [4.78, 5) is 22.5. The molecule has 0 radical (unpaired) electrons. The Balaban J connectivity index is 1.12. The molecule has 0 spiro atoms. The molecule has 35 heavy (non-hydrogen) atoms. The van der Waals surface area contributed by atoms with Crippen LogP contribution in [0.3, 0.4) is 0 Å². The highest BCUT2D eigenvalue weighted by Gasteiger charge is 2.28. The van der Waals surface area contributed by atoms with E-state index in [4.69, 9.17) is 21.4 Å². The van der Waals surface area contributed by atoms with Crippen molar-refractivity contribution in [2.24, 2.45) is 5.92 Å². The zero-order valence-electron chi connectivity index (χ0n) is 19.6. The molecule has 1 saturated carbocycles. The minimum Gasteiger partial charge on any atom is -0.481 e. The molecular weight excluding hydrogens is 466 g/mol. The largest absolute Gasteiger partial charge is 0.481 e. The lowest BCUT2D eigenvalue weighted by Gasteiger charge is -2.36. The number of carbonyl (C=O) groups is 1. The molecule has 2 aromatic heterocycles. The van der Waals surface area contributed by atoms with E-state index >= 15 is 0 Å². The molecule has 1 saturated heterocycles. The van der Waals surface area contributed by atoms with Crippen molar-refractivity contribution in [1.82, 2.24) is 20.2 Å². The maximum absolute atomic E-state index is 10.9. The number of carboxylic acids is 1. The molecule has 0 atom stereocenters. The normalized spacial score (nSPS) is 21.2. The smallest absolute Gasteiger partial charge is 0.303 e. The van der Waals surface area contributed by atoms with E-state index in [-0.39, 0.29) is 18.6 Å². The van der Waals surface area contributed by atoms with Crippen LogP contribution in [-0.2, 0) is 9.53 Å². The highest BCUT2D eigenvalue weighted by molar-refractivity contribution is 6.30. The van der Waals surface area contributed by atoms with Gasteiger partial charge in [-0.25, -0.2) is 9.97 Å². The maximum atomic E-state index is 10.9. The molecule has 5 rings (SSSR count). The number of hydrogen-bond donors (Lipinski definition) is 2. The van der Waals surface area contributed by atoms with Crippen LogP contribution in [0.25, 0.3) is 22.8 Å². The standard InChI is InChI=1S/C26H30ClN5O3/c27-20-3-1-2-18(15-20)25-29-26(31-30-25)19-6-9-23(28-16-19)32-12-10-22(11-13-32)35-21-7-4-17(5-8-21)14-24(33)34/h1-3,6,9,15-17,21-22H,4-5,7-8,10-14H2,(H,33,34)(H,29,30,31)/t17-,21+. The Kier molecular flexibility index (Phi) is 7.29. The second kappa shape index (κ2) is 10.7. The zero-order chi connectivity index (χ0) is 24.2. The van der Waals surface area contributed by atoms with Gasteiger partial charge in [0, 0.05) is 41.9 Å². The summed E-state index contributed by atoms with van der Waals surface area (Å²) >= 11 is 6.08. The molecule has 0 unspecified atom stereocenters. The summed E-state index contributed by atoms with van der Waals surface area (Å²) in [6.45, 7) is 1.82. The molecule has 3 heterocycles. The molecule has 9 heteroatoms. The summed E-state index contributed by atoms with van der Waals surface area (Å²) in [7, 11) is 0. The summed E-state index contributed by atoms with van der Waals surface area (Å²) in [5.41, 5.74) is 1.74.